The number of H-pyrrole nitrogens is 1. The van der Waals surface area contributed by atoms with Gasteiger partial charge in [-0.3, -0.25) is 4.79 Å². The fourth-order valence-electron chi connectivity index (χ4n) is 1.70. The maximum atomic E-state index is 11.4. The van der Waals surface area contributed by atoms with Crippen LogP contribution in [0.3, 0.4) is 0 Å². The minimum absolute atomic E-state index is 0.0662. The van der Waals surface area contributed by atoms with Gasteiger partial charge in [-0.1, -0.05) is 6.07 Å². The van der Waals surface area contributed by atoms with Crippen LogP contribution in [0.2, 0.25) is 0 Å². The zero-order valence-electron chi connectivity index (χ0n) is 9.66. The lowest BCUT2D eigenvalue weighted by Gasteiger charge is -2.18. The zero-order chi connectivity index (χ0) is 11.9. The number of hydrogen-bond donors (Lipinski definition) is 2. The summed E-state index contributed by atoms with van der Waals surface area (Å²) in [6.07, 6.45) is 0. The van der Waals surface area contributed by atoms with Crippen LogP contribution >= 0.6 is 0 Å². The second-order valence-corrected chi connectivity index (χ2v) is 4.64. The van der Waals surface area contributed by atoms with Gasteiger partial charge in [-0.15, -0.1) is 0 Å². The molecule has 2 aromatic rings. The maximum Gasteiger partial charge on any atom is 0.251 e. The number of aryl methyl sites for hydroxylation is 1. The average Bonchev–Trinajstić information content (AvgIpc) is 2.17. The van der Waals surface area contributed by atoms with Crippen LogP contribution < -0.4 is 5.56 Å². The second kappa shape index (κ2) is 3.46. The molecule has 0 aliphatic carbocycles. The standard InChI is InChI=1S/C13H15NO2/c1-8-6-9-7-10(13(2,3)16)4-5-11(9)14-12(8)15/h4-7,16H,1-3H3,(H,14,15). The van der Waals surface area contributed by atoms with Gasteiger partial charge in [0.05, 0.1) is 5.60 Å². The van der Waals surface area contributed by atoms with Gasteiger partial charge in [0.15, 0.2) is 0 Å². The van der Waals surface area contributed by atoms with Gasteiger partial charge < -0.3 is 10.1 Å². The Morgan fingerprint density at radius 3 is 2.56 bits per heavy atom. The molecule has 1 aromatic heterocycles. The number of hydrogen-bond acceptors (Lipinski definition) is 2. The Labute approximate surface area is 93.7 Å². The molecule has 0 radical (unpaired) electrons. The van der Waals surface area contributed by atoms with Crippen LogP contribution in [0.1, 0.15) is 25.0 Å². The first-order valence-corrected chi connectivity index (χ1v) is 5.24. The first-order valence-electron chi connectivity index (χ1n) is 5.24. The molecule has 1 heterocycles. The molecule has 0 atom stereocenters. The minimum Gasteiger partial charge on any atom is -0.386 e. The number of aliphatic hydroxyl groups is 1. The van der Waals surface area contributed by atoms with E-state index < -0.39 is 5.60 Å². The Balaban J connectivity index is 2.72. The van der Waals surface area contributed by atoms with E-state index in [2.05, 4.69) is 4.98 Å². The largest absolute Gasteiger partial charge is 0.386 e. The van der Waals surface area contributed by atoms with Crippen LogP contribution in [0, 0.1) is 6.92 Å². The van der Waals surface area contributed by atoms with Crippen molar-refractivity contribution < 1.29 is 5.11 Å². The van der Waals surface area contributed by atoms with Crippen molar-refractivity contribution in [2.24, 2.45) is 0 Å². The van der Waals surface area contributed by atoms with Crippen LogP contribution in [-0.2, 0) is 5.60 Å². The van der Waals surface area contributed by atoms with Crippen molar-refractivity contribution in [1.29, 1.82) is 0 Å². The summed E-state index contributed by atoms with van der Waals surface area (Å²) < 4.78 is 0. The molecule has 0 saturated heterocycles. The summed E-state index contributed by atoms with van der Waals surface area (Å²) in [6.45, 7) is 5.26. The van der Waals surface area contributed by atoms with Crippen LogP contribution in [-0.4, -0.2) is 10.1 Å². The summed E-state index contributed by atoms with van der Waals surface area (Å²) >= 11 is 0. The molecule has 3 nitrogen and oxygen atoms in total. The monoisotopic (exact) mass is 217 g/mol. The Morgan fingerprint density at radius 1 is 1.25 bits per heavy atom. The van der Waals surface area contributed by atoms with Gasteiger partial charge in [0.2, 0.25) is 0 Å². The Kier molecular flexibility index (Phi) is 2.35. The number of nitrogens with one attached hydrogen (secondary N) is 1. The van der Waals surface area contributed by atoms with E-state index in [4.69, 9.17) is 0 Å². The molecule has 16 heavy (non-hydrogen) atoms. The molecule has 0 bridgehead atoms. The number of pyridine rings is 1. The van der Waals surface area contributed by atoms with Gasteiger partial charge in [0.1, 0.15) is 0 Å². The van der Waals surface area contributed by atoms with E-state index >= 15 is 0 Å². The number of rotatable bonds is 1. The first-order chi connectivity index (χ1) is 7.38. The van der Waals surface area contributed by atoms with Crippen LogP contribution in [0.4, 0.5) is 0 Å². The molecular weight excluding hydrogens is 202 g/mol. The second-order valence-electron chi connectivity index (χ2n) is 4.64. The highest BCUT2D eigenvalue weighted by molar-refractivity contribution is 5.79. The van der Waals surface area contributed by atoms with Crippen molar-refractivity contribution >= 4 is 10.9 Å². The molecule has 1 aromatic carbocycles. The van der Waals surface area contributed by atoms with E-state index in [9.17, 15) is 9.90 Å². The topological polar surface area (TPSA) is 53.1 Å². The van der Waals surface area contributed by atoms with E-state index in [0.717, 1.165) is 16.5 Å². The average molecular weight is 217 g/mol. The predicted octanol–water partition coefficient (Wildman–Crippen LogP) is 2.06. The van der Waals surface area contributed by atoms with Crippen LogP contribution in [0.25, 0.3) is 10.9 Å². The Hall–Kier alpha value is -1.61. The molecule has 0 spiro atoms. The summed E-state index contributed by atoms with van der Waals surface area (Å²) in [5, 5.41) is 10.8. The number of benzene rings is 1. The molecule has 0 amide bonds. The zero-order valence-corrected chi connectivity index (χ0v) is 9.66. The van der Waals surface area contributed by atoms with Gasteiger partial charge >= 0.3 is 0 Å². The third-order valence-electron chi connectivity index (χ3n) is 2.74. The van der Waals surface area contributed by atoms with Crippen molar-refractivity contribution in [2.45, 2.75) is 26.4 Å². The molecular formula is C13H15NO2. The summed E-state index contributed by atoms with van der Waals surface area (Å²) in [5.41, 5.74) is 1.39. The third kappa shape index (κ3) is 1.86. The molecule has 84 valence electrons. The summed E-state index contributed by atoms with van der Waals surface area (Å²) in [7, 11) is 0. The van der Waals surface area contributed by atoms with Crippen molar-refractivity contribution in [2.75, 3.05) is 0 Å². The van der Waals surface area contributed by atoms with E-state index in [1.165, 1.54) is 0 Å². The Morgan fingerprint density at radius 2 is 1.94 bits per heavy atom. The number of fused-ring (bicyclic) bond motifs is 1. The molecule has 0 saturated carbocycles. The first kappa shape index (κ1) is 10.9. The lowest BCUT2D eigenvalue weighted by Crippen LogP contribution is -2.15. The quantitative estimate of drug-likeness (QED) is 0.768. The van der Waals surface area contributed by atoms with Gasteiger partial charge in [0.25, 0.3) is 5.56 Å². The maximum absolute atomic E-state index is 11.4. The SMILES string of the molecule is Cc1cc2cc(C(C)(C)O)ccc2[nH]c1=O. The van der Waals surface area contributed by atoms with Crippen molar-refractivity contribution in [3.8, 4) is 0 Å². The van der Waals surface area contributed by atoms with Gasteiger partial charge in [0, 0.05) is 11.1 Å². The molecule has 2 rings (SSSR count). The third-order valence-corrected chi connectivity index (χ3v) is 2.74. The summed E-state index contributed by atoms with van der Waals surface area (Å²) in [5.74, 6) is 0. The fourth-order valence-corrected chi connectivity index (χ4v) is 1.70. The molecule has 0 aliphatic heterocycles. The number of aromatic amines is 1. The highest BCUT2D eigenvalue weighted by Gasteiger charge is 2.15. The minimum atomic E-state index is -0.863. The van der Waals surface area contributed by atoms with E-state index in [-0.39, 0.29) is 5.56 Å². The summed E-state index contributed by atoms with van der Waals surface area (Å²) in [4.78, 5) is 14.2. The summed E-state index contributed by atoms with van der Waals surface area (Å²) in [6, 6.07) is 7.39. The van der Waals surface area contributed by atoms with E-state index in [1.54, 1.807) is 20.8 Å². The highest BCUT2D eigenvalue weighted by Crippen LogP contribution is 2.23. The molecule has 3 heteroatoms. The van der Waals surface area contributed by atoms with Crippen LogP contribution in [0.15, 0.2) is 29.1 Å². The molecule has 0 aliphatic rings. The molecule has 0 unspecified atom stereocenters. The fraction of sp³-hybridized carbons (Fsp3) is 0.308. The van der Waals surface area contributed by atoms with E-state index in [0.29, 0.717) is 5.56 Å². The van der Waals surface area contributed by atoms with Gasteiger partial charge in [-0.05, 0) is 49.9 Å². The lowest BCUT2D eigenvalue weighted by molar-refractivity contribution is 0.0787. The van der Waals surface area contributed by atoms with Crippen LogP contribution in [0.5, 0.6) is 0 Å². The highest BCUT2D eigenvalue weighted by atomic mass is 16.3. The number of aromatic nitrogens is 1. The van der Waals surface area contributed by atoms with Gasteiger partial charge in [-0.25, -0.2) is 0 Å². The predicted molar refractivity (Wildman–Crippen MR) is 64.6 cm³/mol. The smallest absolute Gasteiger partial charge is 0.251 e. The molecule has 2 N–H and O–H groups in total. The Bertz CT molecular complexity index is 591. The normalized spacial score (nSPS) is 12.0. The van der Waals surface area contributed by atoms with E-state index in [1.807, 2.05) is 24.3 Å². The van der Waals surface area contributed by atoms with Crippen molar-refractivity contribution in [3.63, 3.8) is 0 Å². The van der Waals surface area contributed by atoms with Gasteiger partial charge in [-0.2, -0.15) is 0 Å². The lowest BCUT2D eigenvalue weighted by atomic mass is 9.96. The van der Waals surface area contributed by atoms with Crippen molar-refractivity contribution in [3.05, 3.63) is 45.7 Å². The molecule has 0 fully saturated rings. The van der Waals surface area contributed by atoms with Crippen molar-refractivity contribution in [1.82, 2.24) is 4.98 Å².